The third-order valence-electron chi connectivity index (χ3n) is 4.42. The molecule has 2 aromatic carbocycles. The fourth-order valence-electron chi connectivity index (χ4n) is 3.19. The van der Waals surface area contributed by atoms with Crippen LogP contribution in [0, 0.1) is 5.92 Å². The molecule has 3 atom stereocenters. The highest BCUT2D eigenvalue weighted by Crippen LogP contribution is 2.43. The number of para-hydroxylation sites is 1. The van der Waals surface area contributed by atoms with E-state index in [1.807, 2.05) is 61.5 Å². The van der Waals surface area contributed by atoms with E-state index >= 15 is 0 Å². The Morgan fingerprint density at radius 3 is 2.38 bits per heavy atom. The number of aliphatic hydroxyl groups is 1. The van der Waals surface area contributed by atoms with Crippen LogP contribution in [0.4, 0.5) is 5.69 Å². The number of anilines is 1. The highest BCUT2D eigenvalue weighted by Gasteiger charge is 2.40. The zero-order valence-corrected chi connectivity index (χ0v) is 12.2. The monoisotopic (exact) mass is 281 g/mol. The maximum absolute atomic E-state index is 12.7. The molecule has 3 unspecified atom stereocenters. The summed E-state index contributed by atoms with van der Waals surface area (Å²) in [7, 11) is 1.78. The van der Waals surface area contributed by atoms with Crippen molar-refractivity contribution in [2.75, 3.05) is 11.9 Å². The second kappa shape index (κ2) is 5.34. The number of hydrogen-bond donors (Lipinski definition) is 1. The first kappa shape index (κ1) is 13.8. The van der Waals surface area contributed by atoms with Gasteiger partial charge in [0.25, 0.3) is 0 Å². The average molecular weight is 281 g/mol. The standard InChI is InChI=1S/C18H19NO2/c1-12-14-10-6-7-11-15(14)19(2)18(21)16(12)17(20)13-8-4-3-5-9-13/h3-12,16-17,20H,1-2H3. The van der Waals surface area contributed by atoms with Crippen LogP contribution in [0.3, 0.4) is 0 Å². The van der Waals surface area contributed by atoms with Gasteiger partial charge in [0.2, 0.25) is 5.91 Å². The smallest absolute Gasteiger partial charge is 0.233 e. The molecule has 0 radical (unpaired) electrons. The molecule has 0 bridgehead atoms. The van der Waals surface area contributed by atoms with Gasteiger partial charge in [-0.25, -0.2) is 0 Å². The van der Waals surface area contributed by atoms with Gasteiger partial charge in [0.05, 0.1) is 12.0 Å². The summed E-state index contributed by atoms with van der Waals surface area (Å²) in [5.74, 6) is -0.495. The Labute approximate surface area is 124 Å². The fourth-order valence-corrected chi connectivity index (χ4v) is 3.19. The maximum atomic E-state index is 12.7. The van der Waals surface area contributed by atoms with Crippen molar-refractivity contribution in [1.29, 1.82) is 0 Å². The molecule has 108 valence electrons. The van der Waals surface area contributed by atoms with Gasteiger partial charge >= 0.3 is 0 Å². The highest BCUT2D eigenvalue weighted by molar-refractivity contribution is 5.98. The number of carbonyl (C=O) groups excluding carboxylic acids is 1. The molecule has 0 aliphatic carbocycles. The lowest BCUT2D eigenvalue weighted by Gasteiger charge is -2.38. The van der Waals surface area contributed by atoms with Crippen molar-refractivity contribution in [1.82, 2.24) is 0 Å². The summed E-state index contributed by atoms with van der Waals surface area (Å²) in [4.78, 5) is 14.3. The lowest BCUT2D eigenvalue weighted by molar-refractivity contribution is -0.127. The molecule has 2 aromatic rings. The van der Waals surface area contributed by atoms with Crippen LogP contribution in [0.25, 0.3) is 0 Å². The minimum absolute atomic E-state index is 0.0138. The molecule has 0 fully saturated rings. The van der Waals surface area contributed by atoms with Crippen molar-refractivity contribution in [3.8, 4) is 0 Å². The fraction of sp³-hybridized carbons (Fsp3) is 0.278. The molecule has 3 heteroatoms. The molecule has 0 aromatic heterocycles. The molecule has 0 saturated carbocycles. The first-order chi connectivity index (χ1) is 10.1. The summed E-state index contributed by atoms with van der Waals surface area (Å²) in [6, 6.07) is 17.3. The van der Waals surface area contributed by atoms with Crippen molar-refractivity contribution in [2.45, 2.75) is 18.9 Å². The minimum Gasteiger partial charge on any atom is -0.388 e. The van der Waals surface area contributed by atoms with Crippen LogP contribution in [0.5, 0.6) is 0 Å². The predicted octanol–water partition coefficient (Wildman–Crippen LogP) is 3.12. The summed E-state index contributed by atoms with van der Waals surface area (Å²) in [5, 5.41) is 10.7. The van der Waals surface area contributed by atoms with Gasteiger partial charge in [-0.3, -0.25) is 4.79 Å². The second-order valence-electron chi connectivity index (χ2n) is 5.63. The number of aliphatic hydroxyl groups excluding tert-OH is 1. The summed E-state index contributed by atoms with van der Waals surface area (Å²) in [6.07, 6.45) is -0.787. The summed E-state index contributed by atoms with van der Waals surface area (Å²) < 4.78 is 0. The second-order valence-corrected chi connectivity index (χ2v) is 5.63. The van der Waals surface area contributed by atoms with Crippen LogP contribution >= 0.6 is 0 Å². The SMILES string of the molecule is CC1c2ccccc2N(C)C(=O)C1C(O)c1ccccc1. The molecule has 1 N–H and O–H groups in total. The third-order valence-corrected chi connectivity index (χ3v) is 4.42. The number of benzene rings is 2. The summed E-state index contributed by atoms with van der Waals surface area (Å²) in [6.45, 7) is 2.01. The summed E-state index contributed by atoms with van der Waals surface area (Å²) in [5.41, 5.74) is 2.83. The zero-order valence-electron chi connectivity index (χ0n) is 12.2. The Kier molecular flexibility index (Phi) is 3.52. The Hall–Kier alpha value is -2.13. The van der Waals surface area contributed by atoms with Gasteiger partial charge in [-0.05, 0) is 23.1 Å². The number of rotatable bonds is 2. The van der Waals surface area contributed by atoms with Crippen molar-refractivity contribution in [3.63, 3.8) is 0 Å². The van der Waals surface area contributed by atoms with E-state index in [9.17, 15) is 9.90 Å². The van der Waals surface area contributed by atoms with Gasteiger partial charge in [-0.2, -0.15) is 0 Å². The molecule has 3 nitrogen and oxygen atoms in total. The molecule has 0 saturated heterocycles. The minimum atomic E-state index is -0.787. The molecule has 1 amide bonds. The highest BCUT2D eigenvalue weighted by atomic mass is 16.3. The quantitative estimate of drug-likeness (QED) is 0.918. The van der Waals surface area contributed by atoms with Gasteiger partial charge in [0, 0.05) is 12.7 Å². The Bertz CT molecular complexity index is 653. The van der Waals surface area contributed by atoms with E-state index in [0.717, 1.165) is 16.8 Å². The topological polar surface area (TPSA) is 40.5 Å². The number of amides is 1. The first-order valence-corrected chi connectivity index (χ1v) is 7.20. The van der Waals surface area contributed by atoms with E-state index in [0.29, 0.717) is 0 Å². The van der Waals surface area contributed by atoms with Crippen molar-refractivity contribution >= 4 is 11.6 Å². The zero-order chi connectivity index (χ0) is 15.0. The van der Waals surface area contributed by atoms with Crippen molar-refractivity contribution < 1.29 is 9.90 Å². The molecule has 1 heterocycles. The van der Waals surface area contributed by atoms with Crippen LogP contribution in [-0.4, -0.2) is 18.1 Å². The number of fused-ring (bicyclic) bond motifs is 1. The van der Waals surface area contributed by atoms with Gasteiger partial charge in [-0.1, -0.05) is 55.5 Å². The lowest BCUT2D eigenvalue weighted by Crippen LogP contribution is -2.43. The molecule has 3 rings (SSSR count). The van der Waals surface area contributed by atoms with E-state index in [2.05, 4.69) is 0 Å². The molecule has 1 aliphatic rings. The van der Waals surface area contributed by atoms with Gasteiger partial charge < -0.3 is 10.0 Å². The molecular formula is C18H19NO2. The van der Waals surface area contributed by atoms with E-state index < -0.39 is 12.0 Å². The van der Waals surface area contributed by atoms with E-state index in [-0.39, 0.29) is 11.8 Å². The van der Waals surface area contributed by atoms with Gasteiger partial charge in [0.15, 0.2) is 0 Å². The van der Waals surface area contributed by atoms with E-state index in [1.54, 1.807) is 11.9 Å². The number of carbonyl (C=O) groups is 1. The Morgan fingerprint density at radius 1 is 1.05 bits per heavy atom. The summed E-state index contributed by atoms with van der Waals surface area (Å²) >= 11 is 0. The largest absolute Gasteiger partial charge is 0.388 e. The lowest BCUT2D eigenvalue weighted by atomic mass is 9.77. The van der Waals surface area contributed by atoms with Crippen molar-refractivity contribution in [3.05, 3.63) is 65.7 Å². The average Bonchev–Trinajstić information content (AvgIpc) is 2.53. The van der Waals surface area contributed by atoms with Crippen LogP contribution in [0.15, 0.2) is 54.6 Å². The third kappa shape index (κ3) is 2.24. The van der Waals surface area contributed by atoms with Crippen LogP contribution in [-0.2, 0) is 4.79 Å². The maximum Gasteiger partial charge on any atom is 0.233 e. The van der Waals surface area contributed by atoms with E-state index in [4.69, 9.17) is 0 Å². The predicted molar refractivity (Wildman–Crippen MR) is 83.2 cm³/mol. The van der Waals surface area contributed by atoms with Crippen LogP contribution in [0.2, 0.25) is 0 Å². The normalized spacial score (nSPS) is 22.8. The van der Waals surface area contributed by atoms with Crippen LogP contribution in [0.1, 0.15) is 30.1 Å². The Morgan fingerprint density at radius 2 is 1.67 bits per heavy atom. The molecule has 21 heavy (non-hydrogen) atoms. The number of nitrogens with zero attached hydrogens (tertiary/aromatic N) is 1. The first-order valence-electron chi connectivity index (χ1n) is 7.20. The Balaban J connectivity index is 2.02. The van der Waals surface area contributed by atoms with Gasteiger partial charge in [0.1, 0.15) is 0 Å². The molecule has 1 aliphatic heterocycles. The van der Waals surface area contributed by atoms with Crippen molar-refractivity contribution in [2.24, 2.45) is 5.92 Å². The van der Waals surface area contributed by atoms with E-state index in [1.165, 1.54) is 0 Å². The molecular weight excluding hydrogens is 262 g/mol. The molecule has 0 spiro atoms. The van der Waals surface area contributed by atoms with Gasteiger partial charge in [-0.15, -0.1) is 0 Å². The number of hydrogen-bond acceptors (Lipinski definition) is 2. The van der Waals surface area contributed by atoms with Crippen LogP contribution < -0.4 is 4.90 Å².